The highest BCUT2D eigenvalue weighted by Crippen LogP contribution is 2.42. The first kappa shape index (κ1) is 18.4. The largest absolute Gasteiger partial charge is 0.371 e. The Balaban J connectivity index is 1.49. The summed E-state index contributed by atoms with van der Waals surface area (Å²) in [4.78, 5) is 16.1. The molecule has 3 heterocycles. The van der Waals surface area contributed by atoms with Crippen molar-refractivity contribution >= 4 is 22.5 Å². The minimum absolute atomic E-state index is 0.0171. The molecule has 3 aromatic rings. The SMILES string of the molecule is C=CC(=O)N1CC2(CCN(c3ccc(C#N)c(-c4c(C)ccc5[nH]ncc45)c3)C2)C1. The van der Waals surface area contributed by atoms with Crippen molar-refractivity contribution in [3.8, 4) is 17.2 Å². The highest BCUT2D eigenvalue weighted by molar-refractivity contribution is 5.98. The fourth-order valence-corrected chi connectivity index (χ4v) is 4.98. The van der Waals surface area contributed by atoms with Crippen LogP contribution in [0.5, 0.6) is 0 Å². The Bertz CT molecular complexity index is 1210. The summed E-state index contributed by atoms with van der Waals surface area (Å²) in [6, 6.07) is 12.5. The zero-order chi connectivity index (χ0) is 20.9. The number of benzene rings is 2. The van der Waals surface area contributed by atoms with Crippen LogP contribution in [0.15, 0.2) is 49.2 Å². The molecule has 150 valence electrons. The molecule has 0 saturated carbocycles. The summed E-state index contributed by atoms with van der Waals surface area (Å²) >= 11 is 0. The summed E-state index contributed by atoms with van der Waals surface area (Å²) in [5.41, 5.74) is 6.04. The van der Waals surface area contributed by atoms with Crippen LogP contribution in [-0.2, 0) is 4.79 Å². The summed E-state index contributed by atoms with van der Waals surface area (Å²) in [6.45, 7) is 9.13. The zero-order valence-corrected chi connectivity index (χ0v) is 17.0. The molecule has 0 unspecified atom stereocenters. The van der Waals surface area contributed by atoms with Gasteiger partial charge in [0, 0.05) is 48.2 Å². The van der Waals surface area contributed by atoms with Gasteiger partial charge in [-0.15, -0.1) is 0 Å². The highest BCUT2D eigenvalue weighted by Gasteiger charge is 2.48. The third kappa shape index (κ3) is 2.78. The third-order valence-corrected chi connectivity index (χ3v) is 6.57. The predicted octanol–water partition coefficient (Wildman–Crippen LogP) is 3.63. The predicted molar refractivity (Wildman–Crippen MR) is 117 cm³/mol. The number of aromatic amines is 1. The normalized spacial score (nSPS) is 17.2. The lowest BCUT2D eigenvalue weighted by Gasteiger charge is -2.47. The van der Waals surface area contributed by atoms with E-state index < -0.39 is 0 Å². The quantitative estimate of drug-likeness (QED) is 0.685. The number of aromatic nitrogens is 2. The number of hydrogen-bond acceptors (Lipinski definition) is 4. The van der Waals surface area contributed by atoms with Gasteiger partial charge in [0.1, 0.15) is 0 Å². The number of fused-ring (bicyclic) bond motifs is 1. The maximum Gasteiger partial charge on any atom is 0.245 e. The van der Waals surface area contributed by atoms with E-state index in [1.807, 2.05) is 29.3 Å². The van der Waals surface area contributed by atoms with Gasteiger partial charge in [-0.2, -0.15) is 10.4 Å². The van der Waals surface area contributed by atoms with Gasteiger partial charge < -0.3 is 9.80 Å². The Kier molecular flexibility index (Phi) is 4.14. The van der Waals surface area contributed by atoms with Gasteiger partial charge in [0.05, 0.1) is 23.3 Å². The van der Waals surface area contributed by atoms with Crippen molar-refractivity contribution < 1.29 is 4.79 Å². The summed E-state index contributed by atoms with van der Waals surface area (Å²) in [5, 5.41) is 18.0. The van der Waals surface area contributed by atoms with Crippen molar-refractivity contribution in [3.63, 3.8) is 0 Å². The van der Waals surface area contributed by atoms with Crippen LogP contribution in [0.2, 0.25) is 0 Å². The summed E-state index contributed by atoms with van der Waals surface area (Å²) in [5.74, 6) is 0.0171. The molecule has 6 heteroatoms. The number of likely N-dealkylation sites (tertiary alicyclic amines) is 1. The second kappa shape index (κ2) is 6.74. The molecule has 1 N–H and O–H groups in total. The molecule has 1 amide bonds. The van der Waals surface area contributed by atoms with Crippen LogP contribution in [0.25, 0.3) is 22.0 Å². The molecule has 2 fully saturated rings. The first-order valence-electron chi connectivity index (χ1n) is 10.2. The molecule has 2 aliphatic heterocycles. The van der Waals surface area contributed by atoms with Gasteiger partial charge in [0.2, 0.25) is 5.91 Å². The van der Waals surface area contributed by atoms with Crippen molar-refractivity contribution in [2.45, 2.75) is 13.3 Å². The van der Waals surface area contributed by atoms with E-state index >= 15 is 0 Å². The molecule has 2 saturated heterocycles. The molecule has 0 aliphatic carbocycles. The standard InChI is InChI=1S/C24H23N5O/c1-3-22(30)29-14-24(15-29)8-9-28(13-24)18-6-5-17(11-25)19(10-18)23-16(2)4-7-21-20(23)12-26-27-21/h3-7,10,12H,1,8-9,13-15H2,2H3,(H,26,27). The molecule has 30 heavy (non-hydrogen) atoms. The summed E-state index contributed by atoms with van der Waals surface area (Å²) < 4.78 is 0. The number of carbonyl (C=O) groups excluding carboxylic acids is 1. The summed E-state index contributed by atoms with van der Waals surface area (Å²) in [6.07, 6.45) is 4.29. The monoisotopic (exact) mass is 397 g/mol. The van der Waals surface area contributed by atoms with E-state index in [2.05, 4.69) is 46.8 Å². The lowest BCUT2D eigenvalue weighted by Crippen LogP contribution is -2.59. The number of hydrogen-bond donors (Lipinski definition) is 1. The van der Waals surface area contributed by atoms with Gasteiger partial charge in [-0.05, 0) is 54.8 Å². The van der Waals surface area contributed by atoms with Crippen LogP contribution in [0, 0.1) is 23.7 Å². The number of nitrogens with one attached hydrogen (secondary N) is 1. The average molecular weight is 397 g/mol. The van der Waals surface area contributed by atoms with Gasteiger partial charge in [-0.25, -0.2) is 0 Å². The molecule has 0 bridgehead atoms. The van der Waals surface area contributed by atoms with Crippen LogP contribution in [0.1, 0.15) is 17.5 Å². The minimum atomic E-state index is 0.0171. The Morgan fingerprint density at radius 2 is 2.13 bits per heavy atom. The van der Waals surface area contributed by atoms with Gasteiger partial charge >= 0.3 is 0 Å². The van der Waals surface area contributed by atoms with Crippen LogP contribution in [-0.4, -0.2) is 47.2 Å². The van der Waals surface area contributed by atoms with Crippen LogP contribution >= 0.6 is 0 Å². The van der Waals surface area contributed by atoms with Crippen molar-refractivity contribution in [1.82, 2.24) is 15.1 Å². The molecule has 6 nitrogen and oxygen atoms in total. The Hall–Kier alpha value is -3.59. The van der Waals surface area contributed by atoms with Gasteiger partial charge in [-0.1, -0.05) is 12.6 Å². The fraction of sp³-hybridized carbons (Fsp3) is 0.292. The molecule has 2 aliphatic rings. The van der Waals surface area contributed by atoms with Crippen LogP contribution < -0.4 is 4.90 Å². The Morgan fingerprint density at radius 3 is 2.90 bits per heavy atom. The number of aryl methyl sites for hydroxylation is 1. The number of nitriles is 1. The number of H-pyrrole nitrogens is 1. The number of nitrogens with zero attached hydrogens (tertiary/aromatic N) is 4. The molecule has 5 rings (SSSR count). The Morgan fingerprint density at radius 1 is 1.30 bits per heavy atom. The van der Waals surface area contributed by atoms with Crippen LogP contribution in [0.4, 0.5) is 5.69 Å². The van der Waals surface area contributed by atoms with E-state index in [-0.39, 0.29) is 11.3 Å². The third-order valence-electron chi connectivity index (χ3n) is 6.57. The Labute approximate surface area is 175 Å². The number of carbonyl (C=O) groups is 1. The average Bonchev–Trinajstić information content (AvgIpc) is 3.39. The van der Waals surface area contributed by atoms with E-state index in [0.717, 1.165) is 65.9 Å². The molecular weight excluding hydrogens is 374 g/mol. The number of rotatable bonds is 3. The lowest BCUT2D eigenvalue weighted by molar-refractivity contribution is -0.136. The van der Waals surface area contributed by atoms with Gasteiger partial charge in [-0.3, -0.25) is 9.89 Å². The zero-order valence-electron chi connectivity index (χ0n) is 17.0. The van der Waals surface area contributed by atoms with Crippen molar-refractivity contribution in [2.75, 3.05) is 31.1 Å². The molecule has 1 aromatic heterocycles. The number of anilines is 1. The van der Waals surface area contributed by atoms with Gasteiger partial charge in [0.25, 0.3) is 0 Å². The lowest BCUT2D eigenvalue weighted by atomic mass is 9.79. The van der Waals surface area contributed by atoms with Crippen molar-refractivity contribution in [2.24, 2.45) is 5.41 Å². The molecule has 0 atom stereocenters. The molecule has 0 radical (unpaired) electrons. The first-order valence-corrected chi connectivity index (χ1v) is 10.2. The number of amides is 1. The smallest absolute Gasteiger partial charge is 0.245 e. The van der Waals surface area contributed by atoms with E-state index in [0.29, 0.717) is 5.56 Å². The minimum Gasteiger partial charge on any atom is -0.371 e. The fourth-order valence-electron chi connectivity index (χ4n) is 4.98. The second-order valence-corrected chi connectivity index (χ2v) is 8.50. The summed E-state index contributed by atoms with van der Waals surface area (Å²) in [7, 11) is 0. The van der Waals surface area contributed by atoms with E-state index in [4.69, 9.17) is 0 Å². The first-order chi connectivity index (χ1) is 14.5. The second-order valence-electron chi connectivity index (χ2n) is 8.50. The molecule has 1 spiro atoms. The van der Waals surface area contributed by atoms with E-state index in [1.165, 1.54) is 6.08 Å². The highest BCUT2D eigenvalue weighted by atomic mass is 16.2. The maximum absolute atomic E-state index is 11.8. The van der Waals surface area contributed by atoms with Crippen LogP contribution in [0.3, 0.4) is 0 Å². The van der Waals surface area contributed by atoms with Crippen molar-refractivity contribution in [1.29, 1.82) is 5.26 Å². The molecular formula is C24H23N5O. The van der Waals surface area contributed by atoms with E-state index in [1.54, 1.807) is 0 Å². The maximum atomic E-state index is 11.8. The van der Waals surface area contributed by atoms with Crippen molar-refractivity contribution in [3.05, 3.63) is 60.3 Å². The van der Waals surface area contributed by atoms with E-state index in [9.17, 15) is 10.1 Å². The molecule has 2 aromatic carbocycles. The topological polar surface area (TPSA) is 76.0 Å². The van der Waals surface area contributed by atoms with Gasteiger partial charge in [0.15, 0.2) is 0 Å².